The molecule has 0 spiro atoms. The fourth-order valence-corrected chi connectivity index (χ4v) is 1.38. The Balaban J connectivity index is 2.05. The van der Waals surface area contributed by atoms with E-state index >= 15 is 0 Å². The summed E-state index contributed by atoms with van der Waals surface area (Å²) in [6, 6.07) is 9.56. The van der Waals surface area contributed by atoms with E-state index in [-0.39, 0.29) is 5.97 Å². The third-order valence-electron chi connectivity index (χ3n) is 2.24. The van der Waals surface area contributed by atoms with Crippen LogP contribution >= 0.6 is 0 Å². The number of hydrogen-bond acceptors (Lipinski definition) is 4. The van der Waals surface area contributed by atoms with E-state index in [9.17, 15) is 4.79 Å². The van der Waals surface area contributed by atoms with Crippen molar-refractivity contribution in [3.8, 4) is 0 Å². The first-order valence-electron chi connectivity index (χ1n) is 5.00. The van der Waals surface area contributed by atoms with E-state index in [1.54, 1.807) is 13.0 Å². The number of anilines is 1. The molecular weight excluding hydrogens is 204 g/mol. The van der Waals surface area contributed by atoms with Crippen molar-refractivity contribution in [2.45, 2.75) is 6.92 Å². The largest absolute Gasteiger partial charge is 0.458 e. The quantitative estimate of drug-likeness (QED) is 0.477. The summed E-state index contributed by atoms with van der Waals surface area (Å²) >= 11 is 0. The number of carbonyl (C=O) groups excluding carboxylic acids is 1. The van der Waals surface area contributed by atoms with Gasteiger partial charge in [0.05, 0.1) is 17.0 Å². The van der Waals surface area contributed by atoms with E-state index in [0.717, 1.165) is 5.69 Å². The molecule has 0 aromatic heterocycles. The highest BCUT2D eigenvalue weighted by Crippen LogP contribution is 2.10. The number of benzene rings is 1. The van der Waals surface area contributed by atoms with E-state index in [0.29, 0.717) is 17.9 Å². The molecule has 0 saturated carbocycles. The van der Waals surface area contributed by atoms with Gasteiger partial charge in [-0.3, -0.25) is 5.43 Å². The van der Waals surface area contributed by atoms with Crippen LogP contribution in [-0.4, -0.2) is 18.3 Å². The fraction of sp³-hybridized carbons (Fsp3) is 0.167. The third kappa shape index (κ3) is 2.28. The van der Waals surface area contributed by atoms with E-state index in [1.807, 2.05) is 30.3 Å². The minimum absolute atomic E-state index is 0.309. The lowest BCUT2D eigenvalue weighted by Gasteiger charge is -2.02. The normalized spacial score (nSPS) is 15.7. The summed E-state index contributed by atoms with van der Waals surface area (Å²) in [5.41, 5.74) is 4.93. The van der Waals surface area contributed by atoms with Crippen molar-refractivity contribution in [1.82, 2.24) is 0 Å². The lowest BCUT2D eigenvalue weighted by Crippen LogP contribution is -2.08. The molecule has 82 valence electrons. The predicted octanol–water partition coefficient (Wildman–Crippen LogP) is 1.96. The first kappa shape index (κ1) is 10.4. The van der Waals surface area contributed by atoms with Gasteiger partial charge in [0.15, 0.2) is 0 Å². The van der Waals surface area contributed by atoms with Crippen LogP contribution in [0.3, 0.4) is 0 Å². The van der Waals surface area contributed by atoms with Crippen molar-refractivity contribution in [2.24, 2.45) is 5.10 Å². The summed E-state index contributed by atoms with van der Waals surface area (Å²) in [6.07, 6.45) is 1.73. The summed E-state index contributed by atoms with van der Waals surface area (Å²) in [5, 5.41) is 4.12. The fourth-order valence-electron chi connectivity index (χ4n) is 1.38. The first-order chi connectivity index (χ1) is 7.77. The maximum absolute atomic E-state index is 11.2. The Bertz CT molecular complexity index is 449. The van der Waals surface area contributed by atoms with Gasteiger partial charge < -0.3 is 4.74 Å². The highest BCUT2D eigenvalue weighted by molar-refractivity contribution is 6.19. The van der Waals surface area contributed by atoms with Crippen molar-refractivity contribution in [3.63, 3.8) is 0 Å². The molecule has 1 aromatic rings. The Labute approximate surface area is 93.6 Å². The summed E-state index contributed by atoms with van der Waals surface area (Å²) in [4.78, 5) is 11.2. The average Bonchev–Trinajstić information content (AvgIpc) is 2.74. The van der Waals surface area contributed by atoms with Crippen molar-refractivity contribution < 1.29 is 9.53 Å². The van der Waals surface area contributed by atoms with E-state index < -0.39 is 0 Å². The molecule has 0 amide bonds. The number of ether oxygens (including phenoxy) is 1. The molecule has 4 heteroatoms. The summed E-state index contributed by atoms with van der Waals surface area (Å²) in [6.45, 7) is 2.11. The molecule has 0 bridgehead atoms. The van der Waals surface area contributed by atoms with Gasteiger partial charge in [0.25, 0.3) is 0 Å². The lowest BCUT2D eigenvalue weighted by atomic mass is 10.2. The molecule has 1 aliphatic rings. The molecular formula is C12H12N2O2. The van der Waals surface area contributed by atoms with Gasteiger partial charge in [0.2, 0.25) is 0 Å². The predicted molar refractivity (Wildman–Crippen MR) is 62.2 cm³/mol. The third-order valence-corrected chi connectivity index (χ3v) is 2.24. The molecule has 2 rings (SSSR count). The SMILES string of the molecule is C/C(=N\Nc1ccccc1)C1=CCOC1=O. The molecule has 1 N–H and O–H groups in total. The van der Waals surface area contributed by atoms with Gasteiger partial charge in [-0.1, -0.05) is 18.2 Å². The Morgan fingerprint density at radius 1 is 1.38 bits per heavy atom. The monoisotopic (exact) mass is 216 g/mol. The molecule has 4 nitrogen and oxygen atoms in total. The molecule has 0 atom stereocenters. The second kappa shape index (κ2) is 4.61. The summed E-state index contributed by atoms with van der Waals surface area (Å²) < 4.78 is 4.80. The summed E-state index contributed by atoms with van der Waals surface area (Å²) in [5.74, 6) is -0.309. The molecule has 0 saturated heterocycles. The first-order valence-corrected chi connectivity index (χ1v) is 5.00. The van der Waals surface area contributed by atoms with Crippen LogP contribution in [0.15, 0.2) is 47.1 Å². The molecule has 1 aromatic carbocycles. The number of nitrogens with one attached hydrogen (secondary N) is 1. The highest BCUT2D eigenvalue weighted by atomic mass is 16.5. The Morgan fingerprint density at radius 3 is 2.75 bits per heavy atom. The van der Waals surface area contributed by atoms with Crippen LogP contribution in [0, 0.1) is 0 Å². The molecule has 0 radical (unpaired) electrons. The standard InChI is InChI=1S/C12H12N2O2/c1-9(11-7-8-16-12(11)15)13-14-10-5-3-2-4-6-10/h2-7,14H,8H2,1H3/b13-9+. The van der Waals surface area contributed by atoms with Crippen molar-refractivity contribution in [2.75, 3.05) is 12.0 Å². The molecule has 0 unspecified atom stereocenters. The number of carbonyl (C=O) groups is 1. The lowest BCUT2D eigenvalue weighted by molar-refractivity contribution is -0.135. The van der Waals surface area contributed by atoms with E-state index in [1.165, 1.54) is 0 Å². The maximum Gasteiger partial charge on any atom is 0.340 e. The zero-order chi connectivity index (χ0) is 11.4. The number of cyclic esters (lactones) is 1. The van der Waals surface area contributed by atoms with Gasteiger partial charge in [-0.2, -0.15) is 5.10 Å². The Kier molecular flexibility index (Phi) is 3.00. The number of rotatable bonds is 3. The van der Waals surface area contributed by atoms with Crippen LogP contribution in [0.1, 0.15) is 6.92 Å². The minimum atomic E-state index is -0.309. The second-order valence-corrected chi connectivity index (χ2v) is 3.39. The van der Waals surface area contributed by atoms with Crippen LogP contribution in [0.5, 0.6) is 0 Å². The van der Waals surface area contributed by atoms with Crippen LogP contribution in [0.4, 0.5) is 5.69 Å². The van der Waals surface area contributed by atoms with Gasteiger partial charge >= 0.3 is 5.97 Å². The molecule has 1 heterocycles. The van der Waals surface area contributed by atoms with Crippen LogP contribution < -0.4 is 5.43 Å². The molecule has 16 heavy (non-hydrogen) atoms. The Morgan fingerprint density at radius 2 is 2.12 bits per heavy atom. The minimum Gasteiger partial charge on any atom is -0.458 e. The molecule has 0 fully saturated rings. The van der Waals surface area contributed by atoms with Crippen LogP contribution in [-0.2, 0) is 9.53 Å². The zero-order valence-electron chi connectivity index (χ0n) is 8.93. The maximum atomic E-state index is 11.2. The summed E-state index contributed by atoms with van der Waals surface area (Å²) in [7, 11) is 0. The topological polar surface area (TPSA) is 50.7 Å². The molecule has 1 aliphatic heterocycles. The smallest absolute Gasteiger partial charge is 0.340 e. The zero-order valence-corrected chi connectivity index (χ0v) is 8.93. The van der Waals surface area contributed by atoms with Crippen molar-refractivity contribution in [1.29, 1.82) is 0 Å². The average molecular weight is 216 g/mol. The number of esters is 1. The van der Waals surface area contributed by atoms with Gasteiger partial charge in [0.1, 0.15) is 6.61 Å². The second-order valence-electron chi connectivity index (χ2n) is 3.39. The van der Waals surface area contributed by atoms with Crippen LogP contribution in [0.2, 0.25) is 0 Å². The Hall–Kier alpha value is -2.10. The van der Waals surface area contributed by atoms with Crippen molar-refractivity contribution in [3.05, 3.63) is 42.0 Å². The number of hydrazone groups is 1. The highest BCUT2D eigenvalue weighted by Gasteiger charge is 2.19. The molecule has 0 aliphatic carbocycles. The van der Waals surface area contributed by atoms with E-state index in [4.69, 9.17) is 4.74 Å². The number of para-hydroxylation sites is 1. The van der Waals surface area contributed by atoms with Crippen LogP contribution in [0.25, 0.3) is 0 Å². The number of hydrogen-bond donors (Lipinski definition) is 1. The van der Waals surface area contributed by atoms with Gasteiger partial charge in [0, 0.05) is 0 Å². The van der Waals surface area contributed by atoms with E-state index in [2.05, 4.69) is 10.5 Å². The van der Waals surface area contributed by atoms with Gasteiger partial charge in [-0.05, 0) is 25.1 Å². The van der Waals surface area contributed by atoms with Gasteiger partial charge in [-0.25, -0.2) is 4.79 Å². The van der Waals surface area contributed by atoms with Gasteiger partial charge in [-0.15, -0.1) is 0 Å². The van der Waals surface area contributed by atoms with Crippen molar-refractivity contribution >= 4 is 17.4 Å². The number of nitrogens with zero attached hydrogens (tertiary/aromatic N) is 1.